The Morgan fingerprint density at radius 2 is 0.784 bits per heavy atom. The molecule has 8 rings (SSSR count). The predicted molar refractivity (Wildman–Crippen MR) is 347 cm³/mol. The first-order valence-electron chi connectivity index (χ1n) is 29.6. The molecule has 88 heavy (non-hydrogen) atoms. The van der Waals surface area contributed by atoms with Gasteiger partial charge in [0.1, 0.15) is 16.9 Å². The Morgan fingerprint density at radius 3 is 1.08 bits per heavy atom. The molecule has 0 spiro atoms. The number of aryl methyl sites for hydroxylation is 9. The summed E-state index contributed by atoms with van der Waals surface area (Å²) < 4.78 is 34.8. The van der Waals surface area contributed by atoms with Crippen LogP contribution in [0.25, 0.3) is 55.4 Å². The third kappa shape index (κ3) is 14.1. The molecule has 1 N–H and O–H groups in total. The molecule has 2 aromatic carbocycles. The number of esters is 2. The number of methoxy groups -OCH3 is 2. The molecule has 0 aliphatic heterocycles. The minimum atomic E-state index is -1.17. The lowest BCUT2D eigenvalue weighted by Gasteiger charge is -2.28. The van der Waals surface area contributed by atoms with Crippen molar-refractivity contribution < 1.29 is 43.2 Å². The van der Waals surface area contributed by atoms with Gasteiger partial charge in [0.15, 0.2) is 18.3 Å². The molecule has 0 fully saturated rings. The van der Waals surface area contributed by atoms with Crippen molar-refractivity contribution in [3.63, 3.8) is 0 Å². The second-order valence-electron chi connectivity index (χ2n) is 25.0. The van der Waals surface area contributed by atoms with Gasteiger partial charge in [-0.25, -0.2) is 29.3 Å². The molecular weight excluding hydrogens is 1130 g/mol. The minimum absolute atomic E-state index is 0.469. The quantitative estimate of drug-likeness (QED) is 0.100. The molecule has 0 aliphatic rings. The SMILES string of the molecule is CCn1c(C)c(C)c2c(-c3ccc(C#N)cc3)c(C(OC(C)(C)C)C(=O)O)c(C)nc21.CCn1c(C)c(C)c2c(-c3ccc(C#N)cc3)c(C(OC(C)(C)C)C(=O)OC)c(C)nc21.CCn1c(C)c(C)c2c(Cl)c(C(OC(C)(C)C)C(=O)OC)c(C)nc21. The van der Waals surface area contributed by atoms with Crippen LogP contribution in [0, 0.1) is 85.0 Å². The van der Waals surface area contributed by atoms with Crippen molar-refractivity contribution in [2.75, 3.05) is 14.2 Å². The number of nitriles is 2. The van der Waals surface area contributed by atoms with Gasteiger partial charge >= 0.3 is 17.9 Å². The zero-order chi connectivity index (χ0) is 66.0. The number of carboxylic acid groups (broad SMARTS) is 1. The molecule has 0 aliphatic carbocycles. The van der Waals surface area contributed by atoms with E-state index >= 15 is 0 Å². The van der Waals surface area contributed by atoms with Gasteiger partial charge in [0, 0.05) is 97.8 Å². The molecule has 0 bridgehead atoms. The molecule has 17 nitrogen and oxygen atoms in total. The van der Waals surface area contributed by atoms with Crippen molar-refractivity contribution in [2.24, 2.45) is 0 Å². The second-order valence-corrected chi connectivity index (χ2v) is 25.3. The van der Waals surface area contributed by atoms with Crippen LogP contribution in [0.3, 0.4) is 0 Å². The van der Waals surface area contributed by atoms with E-state index < -0.39 is 53.0 Å². The highest BCUT2D eigenvalue weighted by molar-refractivity contribution is 6.36. The Morgan fingerprint density at radius 1 is 0.500 bits per heavy atom. The Kier molecular flexibility index (Phi) is 21.4. The first-order valence-corrected chi connectivity index (χ1v) is 30.0. The van der Waals surface area contributed by atoms with Gasteiger partial charge in [-0.15, -0.1) is 0 Å². The van der Waals surface area contributed by atoms with Crippen molar-refractivity contribution in [1.29, 1.82) is 10.5 Å². The molecule has 0 amide bonds. The van der Waals surface area contributed by atoms with Gasteiger partial charge in [0.05, 0.1) is 59.3 Å². The Labute approximate surface area is 523 Å². The van der Waals surface area contributed by atoms with E-state index in [0.717, 1.165) is 109 Å². The van der Waals surface area contributed by atoms with Crippen LogP contribution in [0.1, 0.15) is 180 Å². The van der Waals surface area contributed by atoms with Crippen LogP contribution < -0.4 is 0 Å². The number of carboxylic acids is 1. The molecule has 6 heterocycles. The van der Waals surface area contributed by atoms with E-state index in [1.54, 1.807) is 24.3 Å². The predicted octanol–water partition coefficient (Wildman–Crippen LogP) is 15.7. The molecule has 8 aromatic rings. The fourth-order valence-electron chi connectivity index (χ4n) is 11.4. The van der Waals surface area contributed by atoms with Crippen molar-refractivity contribution >= 4 is 62.6 Å². The number of carbonyl (C=O) groups is 3. The van der Waals surface area contributed by atoms with Crippen LogP contribution in [0.5, 0.6) is 0 Å². The van der Waals surface area contributed by atoms with Crippen LogP contribution in [-0.4, -0.2) is 82.7 Å². The third-order valence-corrected chi connectivity index (χ3v) is 16.1. The van der Waals surface area contributed by atoms with Crippen LogP contribution in [0.2, 0.25) is 5.02 Å². The lowest BCUT2D eigenvalue weighted by Crippen LogP contribution is -2.29. The van der Waals surface area contributed by atoms with E-state index in [0.29, 0.717) is 49.9 Å². The number of rotatable bonds is 14. The normalized spacial score (nSPS) is 12.8. The third-order valence-electron chi connectivity index (χ3n) is 15.7. The van der Waals surface area contributed by atoms with Crippen LogP contribution in [-0.2, 0) is 57.7 Å². The van der Waals surface area contributed by atoms with Gasteiger partial charge in [0.2, 0.25) is 0 Å². The zero-order valence-corrected chi connectivity index (χ0v) is 56.4. The van der Waals surface area contributed by atoms with Crippen LogP contribution >= 0.6 is 11.6 Å². The second kappa shape index (κ2) is 27.2. The van der Waals surface area contributed by atoms with Gasteiger partial charge in [-0.1, -0.05) is 35.9 Å². The number of aromatic nitrogens is 6. The van der Waals surface area contributed by atoms with Gasteiger partial charge in [-0.3, -0.25) is 0 Å². The van der Waals surface area contributed by atoms with E-state index in [9.17, 15) is 30.0 Å². The highest BCUT2D eigenvalue weighted by Crippen LogP contribution is 2.45. The Hall–Kier alpha value is -7.93. The summed E-state index contributed by atoms with van der Waals surface area (Å²) in [6, 6.07) is 18.9. The molecule has 3 atom stereocenters. The summed E-state index contributed by atoms with van der Waals surface area (Å²) in [5, 5.41) is 31.9. The molecular formula is C70H87ClN8O9. The number of hydrogen-bond donors (Lipinski definition) is 1. The zero-order valence-electron chi connectivity index (χ0n) is 55.6. The number of carbonyl (C=O) groups excluding carboxylic acids is 2. The van der Waals surface area contributed by atoms with Crippen molar-refractivity contribution in [3.05, 3.63) is 132 Å². The Balaban J connectivity index is 0.000000212. The molecule has 0 radical (unpaired) electrons. The van der Waals surface area contributed by atoms with Crippen molar-refractivity contribution in [1.82, 2.24) is 28.7 Å². The fraction of sp³-hybridized carbons (Fsp3) is 0.457. The fourth-order valence-corrected chi connectivity index (χ4v) is 11.9. The number of ether oxygens (including phenoxy) is 5. The number of aliphatic carboxylic acids is 1. The van der Waals surface area contributed by atoms with E-state index in [2.05, 4.69) is 74.3 Å². The molecule has 3 unspecified atom stereocenters. The maximum atomic E-state index is 13.0. The average Bonchev–Trinajstić information content (AvgIpc) is 1.65. The number of halogens is 1. The number of nitrogens with zero attached hydrogens (tertiary/aromatic N) is 8. The number of pyridine rings is 3. The first kappa shape index (κ1) is 69.2. The van der Waals surface area contributed by atoms with Crippen LogP contribution in [0.4, 0.5) is 0 Å². The lowest BCUT2D eigenvalue weighted by atomic mass is 9.90. The van der Waals surface area contributed by atoms with Crippen LogP contribution in [0.15, 0.2) is 48.5 Å². The number of benzene rings is 2. The van der Waals surface area contributed by atoms with Crippen molar-refractivity contribution in [3.8, 4) is 34.4 Å². The van der Waals surface area contributed by atoms with E-state index in [1.165, 1.54) is 14.2 Å². The Bertz CT molecular complexity index is 4040. The van der Waals surface area contributed by atoms with Gasteiger partial charge in [-0.2, -0.15) is 10.5 Å². The van der Waals surface area contributed by atoms with Gasteiger partial charge in [0.25, 0.3) is 0 Å². The molecule has 6 aromatic heterocycles. The summed E-state index contributed by atoms with van der Waals surface area (Å²) in [6.07, 6.45) is -3.03. The monoisotopic (exact) mass is 1220 g/mol. The summed E-state index contributed by atoms with van der Waals surface area (Å²) >= 11 is 6.78. The summed E-state index contributed by atoms with van der Waals surface area (Å²) in [4.78, 5) is 52.3. The highest BCUT2D eigenvalue weighted by Gasteiger charge is 2.37. The number of hydrogen-bond acceptors (Lipinski definition) is 13. The average molecular weight is 1220 g/mol. The van der Waals surface area contributed by atoms with E-state index in [4.69, 9.17) is 50.2 Å². The summed E-state index contributed by atoms with van der Waals surface area (Å²) in [7, 11) is 2.71. The first-order chi connectivity index (χ1) is 41.1. The number of fused-ring (bicyclic) bond motifs is 3. The smallest absolute Gasteiger partial charge is 0.339 e. The van der Waals surface area contributed by atoms with Gasteiger partial charge in [-0.05, 0) is 197 Å². The minimum Gasteiger partial charge on any atom is -0.479 e. The summed E-state index contributed by atoms with van der Waals surface area (Å²) in [6.45, 7) is 43.4. The maximum absolute atomic E-state index is 13.0. The van der Waals surface area contributed by atoms with Crippen molar-refractivity contribution in [2.45, 2.75) is 200 Å². The van der Waals surface area contributed by atoms with E-state index in [1.807, 2.05) is 121 Å². The largest absolute Gasteiger partial charge is 0.479 e. The molecule has 0 saturated carbocycles. The maximum Gasteiger partial charge on any atom is 0.339 e. The summed E-state index contributed by atoms with van der Waals surface area (Å²) in [5.41, 5.74) is 15.7. The molecule has 468 valence electrons. The lowest BCUT2D eigenvalue weighted by molar-refractivity contribution is -0.164. The standard InChI is InChI=1S/C26H31N3O3.C25H29N3O3.C19H27ClN2O3/c1-9-29-17(4)15(2)20-22(19-12-10-18(14-27)11-13-19)21(16(3)28-24(20)29)23(25(30)31-8)32-26(5,6)7;1-8-28-16(4)14(2)19-21(18-11-9-17(13-26)10-12-18)20(15(3)27-23(19)28)22(24(29)30)31-25(5,6)7;1-9-22-12(4)10(2)13-15(20)14(11(3)21-17(13)22)16(18(23)24-8)25-19(5,6)7/h10-13,23H,9H2,1-8H3;9-12,22H,8H2,1-7H3,(H,29,30);16H,9H2,1-8H3. The topological polar surface area (TPSA) is 219 Å². The molecule has 18 heteroatoms. The van der Waals surface area contributed by atoms with E-state index in [-0.39, 0.29) is 0 Å². The molecule has 0 saturated heterocycles. The highest BCUT2D eigenvalue weighted by atomic mass is 35.5. The summed E-state index contributed by atoms with van der Waals surface area (Å²) in [5.74, 6) is -2.01. The van der Waals surface area contributed by atoms with Gasteiger partial charge < -0.3 is 42.5 Å².